The summed E-state index contributed by atoms with van der Waals surface area (Å²) in [6.45, 7) is 1.30. The van der Waals surface area contributed by atoms with Crippen LogP contribution in [0.5, 0.6) is 5.75 Å². The molecule has 5 nitrogen and oxygen atoms in total. The molecule has 2 fully saturated rings. The molecule has 164 valence electrons. The molecule has 0 radical (unpaired) electrons. The minimum absolute atomic E-state index is 0.125. The highest BCUT2D eigenvalue weighted by atomic mass is 16.5. The maximum absolute atomic E-state index is 13.3. The minimum atomic E-state index is -0.548. The van der Waals surface area contributed by atoms with Gasteiger partial charge >= 0.3 is 0 Å². The third-order valence-corrected chi connectivity index (χ3v) is 6.59. The van der Waals surface area contributed by atoms with Crippen LogP contribution in [0.3, 0.4) is 0 Å². The molecule has 0 aromatic heterocycles. The van der Waals surface area contributed by atoms with Gasteiger partial charge in [0.1, 0.15) is 5.75 Å². The number of likely N-dealkylation sites (tertiary alicyclic amines) is 1. The van der Waals surface area contributed by atoms with Gasteiger partial charge in [-0.25, -0.2) is 0 Å². The van der Waals surface area contributed by atoms with Gasteiger partial charge in [-0.3, -0.25) is 9.59 Å². The van der Waals surface area contributed by atoms with Gasteiger partial charge in [0.25, 0.3) is 0 Å². The van der Waals surface area contributed by atoms with Gasteiger partial charge in [-0.2, -0.15) is 0 Å². The number of methoxy groups -OCH3 is 1. The summed E-state index contributed by atoms with van der Waals surface area (Å²) in [4.78, 5) is 29.7. The molecule has 5 heteroatoms. The number of ether oxygens (including phenoxy) is 1. The summed E-state index contributed by atoms with van der Waals surface area (Å²) in [7, 11) is 5.30. The molecule has 0 N–H and O–H groups in total. The lowest BCUT2D eigenvalue weighted by molar-refractivity contribution is -0.147. The molecule has 1 aliphatic carbocycles. The Hall–Kier alpha value is -2.82. The Bertz CT molecular complexity index is 932. The van der Waals surface area contributed by atoms with Gasteiger partial charge in [0, 0.05) is 33.1 Å². The Morgan fingerprint density at radius 1 is 1.03 bits per heavy atom. The fraction of sp³-hybridized carbons (Fsp3) is 0.462. The molecule has 4 rings (SSSR count). The van der Waals surface area contributed by atoms with E-state index in [0.29, 0.717) is 13.0 Å². The molecule has 1 saturated carbocycles. The summed E-state index contributed by atoms with van der Waals surface area (Å²) < 4.78 is 5.24. The fourth-order valence-electron chi connectivity index (χ4n) is 4.77. The molecule has 2 aliphatic rings. The lowest BCUT2D eigenvalue weighted by atomic mass is 9.73. The standard InChI is InChI=1S/C26H32N2O3/c1-27(2)25(30)26(15-4-16-28(18-26)24(29)22-9-10-22)17-19-5-7-20(8-6-19)21-11-13-23(31-3)14-12-21/h5-8,11-14,22H,4,9-10,15-18H2,1-3H3/t26-/m1/s1. The molecular formula is C26H32N2O3. The van der Waals surface area contributed by atoms with Crippen LogP contribution in [0.4, 0.5) is 0 Å². The molecule has 1 saturated heterocycles. The van der Waals surface area contributed by atoms with Crippen LogP contribution in [-0.2, 0) is 16.0 Å². The zero-order valence-corrected chi connectivity index (χ0v) is 18.8. The van der Waals surface area contributed by atoms with Crippen molar-refractivity contribution in [3.8, 4) is 16.9 Å². The van der Waals surface area contributed by atoms with Crippen LogP contribution in [0.2, 0.25) is 0 Å². The number of benzene rings is 2. The monoisotopic (exact) mass is 420 g/mol. The van der Waals surface area contributed by atoms with Gasteiger partial charge < -0.3 is 14.5 Å². The maximum atomic E-state index is 13.3. The van der Waals surface area contributed by atoms with Crippen LogP contribution in [0, 0.1) is 11.3 Å². The summed E-state index contributed by atoms with van der Waals surface area (Å²) >= 11 is 0. The number of amides is 2. The quantitative estimate of drug-likeness (QED) is 0.709. The third kappa shape index (κ3) is 4.60. The van der Waals surface area contributed by atoms with Crippen molar-refractivity contribution >= 4 is 11.8 Å². The Labute approximate surface area is 185 Å². The van der Waals surface area contributed by atoms with E-state index in [2.05, 4.69) is 24.3 Å². The first kappa shape index (κ1) is 21.4. The van der Waals surface area contributed by atoms with Crippen LogP contribution < -0.4 is 4.74 Å². The van der Waals surface area contributed by atoms with Crippen molar-refractivity contribution in [1.29, 1.82) is 0 Å². The van der Waals surface area contributed by atoms with E-state index in [4.69, 9.17) is 4.74 Å². The van der Waals surface area contributed by atoms with Crippen LogP contribution in [0.1, 0.15) is 31.2 Å². The normalized spacial score (nSPS) is 20.9. The van der Waals surface area contributed by atoms with Crippen molar-refractivity contribution in [2.24, 2.45) is 11.3 Å². The van der Waals surface area contributed by atoms with Gasteiger partial charge in [0.05, 0.1) is 12.5 Å². The summed E-state index contributed by atoms with van der Waals surface area (Å²) in [6.07, 6.45) is 4.34. The van der Waals surface area contributed by atoms with E-state index in [1.807, 2.05) is 43.3 Å². The highest BCUT2D eigenvalue weighted by Crippen LogP contribution is 2.39. The van der Waals surface area contributed by atoms with E-state index in [-0.39, 0.29) is 17.7 Å². The number of hydrogen-bond donors (Lipinski definition) is 0. The van der Waals surface area contributed by atoms with Crippen LogP contribution in [-0.4, -0.2) is 55.9 Å². The Morgan fingerprint density at radius 2 is 1.65 bits per heavy atom. The molecule has 1 heterocycles. The number of carbonyl (C=O) groups is 2. The van der Waals surface area contributed by atoms with Crippen molar-refractivity contribution in [1.82, 2.24) is 9.80 Å². The molecule has 2 aromatic carbocycles. The van der Waals surface area contributed by atoms with Crippen LogP contribution >= 0.6 is 0 Å². The van der Waals surface area contributed by atoms with Gasteiger partial charge in [0.2, 0.25) is 11.8 Å². The highest BCUT2D eigenvalue weighted by molar-refractivity contribution is 5.86. The fourth-order valence-corrected chi connectivity index (χ4v) is 4.77. The largest absolute Gasteiger partial charge is 0.497 e. The zero-order chi connectivity index (χ0) is 22.0. The summed E-state index contributed by atoms with van der Waals surface area (Å²) in [6, 6.07) is 16.5. The second-order valence-electron chi connectivity index (χ2n) is 9.22. The number of carbonyl (C=O) groups excluding carboxylic acids is 2. The Balaban J connectivity index is 1.55. The van der Waals surface area contributed by atoms with Crippen molar-refractivity contribution in [3.63, 3.8) is 0 Å². The van der Waals surface area contributed by atoms with Crippen LogP contribution in [0.25, 0.3) is 11.1 Å². The SMILES string of the molecule is COc1ccc(-c2ccc(C[C@]3(C(=O)N(C)C)CCCN(C(=O)C4CC4)C3)cc2)cc1. The van der Waals surface area contributed by atoms with Crippen molar-refractivity contribution < 1.29 is 14.3 Å². The van der Waals surface area contributed by atoms with Gasteiger partial charge in [-0.15, -0.1) is 0 Å². The van der Waals surface area contributed by atoms with Crippen molar-refractivity contribution in [3.05, 3.63) is 54.1 Å². The van der Waals surface area contributed by atoms with E-state index in [1.165, 1.54) is 0 Å². The summed E-state index contributed by atoms with van der Waals surface area (Å²) in [5.74, 6) is 1.40. The average Bonchev–Trinajstić information content (AvgIpc) is 3.64. The zero-order valence-electron chi connectivity index (χ0n) is 18.8. The molecule has 1 aliphatic heterocycles. The van der Waals surface area contributed by atoms with E-state index >= 15 is 0 Å². The molecule has 2 amide bonds. The van der Waals surface area contributed by atoms with Gasteiger partial charge in [0.15, 0.2) is 0 Å². The molecule has 2 aromatic rings. The highest BCUT2D eigenvalue weighted by Gasteiger charge is 2.46. The number of rotatable bonds is 6. The van der Waals surface area contributed by atoms with E-state index in [1.54, 1.807) is 12.0 Å². The Kier molecular flexibility index (Phi) is 6.03. The molecule has 0 bridgehead atoms. The lowest BCUT2D eigenvalue weighted by Gasteiger charge is -2.43. The summed E-state index contributed by atoms with van der Waals surface area (Å²) in [5.41, 5.74) is 2.85. The average molecular weight is 421 g/mol. The minimum Gasteiger partial charge on any atom is -0.497 e. The lowest BCUT2D eigenvalue weighted by Crippen LogP contribution is -2.54. The predicted octanol–water partition coefficient (Wildman–Crippen LogP) is 4.01. The second-order valence-corrected chi connectivity index (χ2v) is 9.22. The molecular weight excluding hydrogens is 388 g/mol. The molecule has 31 heavy (non-hydrogen) atoms. The first-order chi connectivity index (χ1) is 14.9. The van der Waals surface area contributed by atoms with E-state index < -0.39 is 5.41 Å². The first-order valence-electron chi connectivity index (χ1n) is 11.2. The predicted molar refractivity (Wildman–Crippen MR) is 122 cm³/mol. The van der Waals surface area contributed by atoms with Crippen molar-refractivity contribution in [2.75, 3.05) is 34.3 Å². The molecule has 1 atom stereocenters. The van der Waals surface area contributed by atoms with Gasteiger partial charge in [-0.1, -0.05) is 36.4 Å². The van der Waals surface area contributed by atoms with E-state index in [9.17, 15) is 9.59 Å². The second kappa shape index (κ2) is 8.74. The topological polar surface area (TPSA) is 49.9 Å². The number of nitrogens with zero attached hydrogens (tertiary/aromatic N) is 2. The third-order valence-electron chi connectivity index (χ3n) is 6.59. The van der Waals surface area contributed by atoms with Crippen LogP contribution in [0.15, 0.2) is 48.5 Å². The number of hydrogen-bond acceptors (Lipinski definition) is 3. The summed E-state index contributed by atoms with van der Waals surface area (Å²) in [5, 5.41) is 0. The van der Waals surface area contributed by atoms with E-state index in [0.717, 1.165) is 54.7 Å². The van der Waals surface area contributed by atoms with Crippen molar-refractivity contribution in [2.45, 2.75) is 32.1 Å². The first-order valence-corrected chi connectivity index (χ1v) is 11.2. The molecule has 0 unspecified atom stereocenters. The molecule has 0 spiro atoms. The Morgan fingerprint density at radius 3 is 2.19 bits per heavy atom. The smallest absolute Gasteiger partial charge is 0.230 e. The number of piperidine rings is 1. The maximum Gasteiger partial charge on any atom is 0.230 e. The van der Waals surface area contributed by atoms with Gasteiger partial charge in [-0.05, 0) is 60.9 Å².